The molecule has 0 saturated carbocycles. The molecule has 1 amide bonds. The first kappa shape index (κ1) is 16.1. The number of nitrogens with zero attached hydrogens (tertiary/aromatic N) is 2. The molecular formula is C14H15N3OS3. The predicted molar refractivity (Wildman–Crippen MR) is 91.2 cm³/mol. The van der Waals surface area contributed by atoms with E-state index in [-0.39, 0.29) is 5.91 Å². The molecule has 0 spiro atoms. The highest BCUT2D eigenvalue weighted by Gasteiger charge is 2.08. The average molecular weight is 337 g/mol. The number of hydrogen-bond donors (Lipinski definition) is 1. The fourth-order valence-corrected chi connectivity index (χ4v) is 3.81. The Morgan fingerprint density at radius 1 is 1.29 bits per heavy atom. The number of hydrogen-bond acceptors (Lipinski definition) is 6. The van der Waals surface area contributed by atoms with Gasteiger partial charge in [0, 0.05) is 22.8 Å². The van der Waals surface area contributed by atoms with E-state index in [1.807, 2.05) is 36.4 Å². The fourth-order valence-electron chi connectivity index (χ4n) is 1.41. The number of nitrogens with one attached hydrogen (secondary N) is 1. The molecule has 4 nitrogen and oxygen atoms in total. The third kappa shape index (κ3) is 5.91. The molecule has 2 rings (SSSR count). The van der Waals surface area contributed by atoms with Crippen LogP contribution < -0.4 is 5.32 Å². The summed E-state index contributed by atoms with van der Waals surface area (Å²) in [5.74, 6) is 1.50. The molecule has 0 fully saturated rings. The Balaban J connectivity index is 1.71. The van der Waals surface area contributed by atoms with Gasteiger partial charge in [-0.1, -0.05) is 47.4 Å². The van der Waals surface area contributed by atoms with Crippen molar-refractivity contribution in [2.45, 2.75) is 15.7 Å². The third-order valence-corrected chi connectivity index (χ3v) is 5.30. The van der Waals surface area contributed by atoms with E-state index in [1.54, 1.807) is 23.5 Å². The van der Waals surface area contributed by atoms with E-state index >= 15 is 0 Å². The van der Waals surface area contributed by atoms with Crippen molar-refractivity contribution in [3.05, 3.63) is 43.0 Å². The minimum atomic E-state index is -0.0325. The summed E-state index contributed by atoms with van der Waals surface area (Å²) in [6, 6.07) is 10.0. The van der Waals surface area contributed by atoms with E-state index < -0.39 is 0 Å². The second-order valence-corrected chi connectivity index (χ2v) is 7.35. The second-order valence-electron chi connectivity index (χ2n) is 3.93. The van der Waals surface area contributed by atoms with Crippen molar-refractivity contribution in [3.63, 3.8) is 0 Å². The first-order valence-electron chi connectivity index (χ1n) is 6.33. The highest BCUT2D eigenvalue weighted by Crippen LogP contribution is 2.25. The summed E-state index contributed by atoms with van der Waals surface area (Å²) in [7, 11) is 0. The lowest BCUT2D eigenvalue weighted by atomic mass is 10.4. The summed E-state index contributed by atoms with van der Waals surface area (Å²) in [6.07, 6.45) is 2.26. The standard InChI is InChI=1S/C14H15N3OS3/c1-2-9-20-14-17-16-13(21-14)15-12(18)8-10-19-11-6-4-3-5-7-11/h2-7H,1,8-10H2,(H,15,16,18). The molecule has 1 heterocycles. The minimum absolute atomic E-state index is 0.0325. The van der Waals surface area contributed by atoms with Crippen LogP contribution in [0.1, 0.15) is 6.42 Å². The molecule has 0 saturated heterocycles. The van der Waals surface area contributed by atoms with Gasteiger partial charge >= 0.3 is 0 Å². The minimum Gasteiger partial charge on any atom is -0.300 e. The number of anilines is 1. The van der Waals surface area contributed by atoms with Crippen molar-refractivity contribution in [2.24, 2.45) is 0 Å². The topological polar surface area (TPSA) is 54.9 Å². The smallest absolute Gasteiger partial charge is 0.227 e. The van der Waals surface area contributed by atoms with E-state index in [9.17, 15) is 4.79 Å². The predicted octanol–water partition coefficient (Wildman–Crippen LogP) is 3.94. The number of rotatable bonds is 8. The molecule has 0 aliphatic rings. The molecule has 1 aromatic carbocycles. The molecular weight excluding hydrogens is 322 g/mol. The van der Waals surface area contributed by atoms with Gasteiger partial charge in [0.2, 0.25) is 11.0 Å². The quantitative estimate of drug-likeness (QED) is 0.449. The number of amides is 1. The number of carbonyl (C=O) groups excluding carboxylic acids is 1. The van der Waals surface area contributed by atoms with E-state index in [0.29, 0.717) is 11.6 Å². The fraction of sp³-hybridized carbons (Fsp3) is 0.214. The Bertz CT molecular complexity index is 586. The Morgan fingerprint density at radius 3 is 2.86 bits per heavy atom. The summed E-state index contributed by atoms with van der Waals surface area (Å²) < 4.78 is 0.837. The first-order chi connectivity index (χ1) is 10.3. The van der Waals surface area contributed by atoms with Gasteiger partial charge in [-0.2, -0.15) is 0 Å². The number of benzene rings is 1. The normalized spacial score (nSPS) is 10.3. The molecule has 0 radical (unpaired) electrons. The third-order valence-electron chi connectivity index (χ3n) is 2.32. The molecule has 1 aromatic heterocycles. The highest BCUT2D eigenvalue weighted by atomic mass is 32.2. The van der Waals surface area contributed by atoms with Crippen LogP contribution >= 0.6 is 34.9 Å². The average Bonchev–Trinajstić information content (AvgIpc) is 2.93. The van der Waals surface area contributed by atoms with Crippen LogP contribution in [0.4, 0.5) is 5.13 Å². The van der Waals surface area contributed by atoms with Gasteiger partial charge in [0.05, 0.1) is 0 Å². The maximum Gasteiger partial charge on any atom is 0.227 e. The molecule has 1 N–H and O–H groups in total. The molecule has 0 bridgehead atoms. The van der Waals surface area contributed by atoms with Crippen molar-refractivity contribution in [3.8, 4) is 0 Å². The molecule has 110 valence electrons. The van der Waals surface area contributed by atoms with Crippen molar-refractivity contribution in [1.29, 1.82) is 0 Å². The molecule has 0 aliphatic heterocycles. The van der Waals surface area contributed by atoms with E-state index in [4.69, 9.17) is 0 Å². The van der Waals surface area contributed by atoms with Gasteiger partial charge in [-0.05, 0) is 12.1 Å². The van der Waals surface area contributed by atoms with Gasteiger partial charge in [0.15, 0.2) is 4.34 Å². The molecule has 2 aromatic rings. The maximum atomic E-state index is 11.8. The van der Waals surface area contributed by atoms with Gasteiger partial charge in [-0.25, -0.2) is 0 Å². The lowest BCUT2D eigenvalue weighted by molar-refractivity contribution is -0.115. The first-order valence-corrected chi connectivity index (χ1v) is 9.11. The van der Waals surface area contributed by atoms with Crippen molar-refractivity contribution < 1.29 is 4.79 Å². The van der Waals surface area contributed by atoms with Crippen LogP contribution in [0.2, 0.25) is 0 Å². The Morgan fingerprint density at radius 2 is 2.10 bits per heavy atom. The van der Waals surface area contributed by atoms with Crippen LogP contribution in [-0.4, -0.2) is 27.6 Å². The van der Waals surface area contributed by atoms with Crippen LogP contribution in [0, 0.1) is 0 Å². The van der Waals surface area contributed by atoms with Crippen LogP contribution in [-0.2, 0) is 4.79 Å². The summed E-state index contributed by atoms with van der Waals surface area (Å²) >= 11 is 4.61. The number of aromatic nitrogens is 2. The van der Waals surface area contributed by atoms with Gasteiger partial charge < -0.3 is 5.32 Å². The highest BCUT2D eigenvalue weighted by molar-refractivity contribution is 8.01. The Hall–Kier alpha value is -1.31. The van der Waals surface area contributed by atoms with Crippen molar-refractivity contribution >= 4 is 45.9 Å². The lowest BCUT2D eigenvalue weighted by Gasteiger charge is -2.01. The zero-order chi connectivity index (χ0) is 14.9. The van der Waals surface area contributed by atoms with Gasteiger partial charge in [0.1, 0.15) is 0 Å². The van der Waals surface area contributed by atoms with E-state index in [1.165, 1.54) is 16.2 Å². The maximum absolute atomic E-state index is 11.8. The van der Waals surface area contributed by atoms with Gasteiger partial charge in [-0.3, -0.25) is 4.79 Å². The van der Waals surface area contributed by atoms with Crippen LogP contribution in [0.15, 0.2) is 52.2 Å². The second kappa shape index (κ2) is 8.86. The Kier molecular flexibility index (Phi) is 6.78. The van der Waals surface area contributed by atoms with Crippen LogP contribution in [0.25, 0.3) is 0 Å². The molecule has 21 heavy (non-hydrogen) atoms. The van der Waals surface area contributed by atoms with E-state index in [2.05, 4.69) is 22.1 Å². The van der Waals surface area contributed by atoms with Crippen molar-refractivity contribution in [1.82, 2.24) is 10.2 Å². The van der Waals surface area contributed by atoms with Crippen molar-refractivity contribution in [2.75, 3.05) is 16.8 Å². The molecule has 0 aliphatic carbocycles. The SMILES string of the molecule is C=CCSc1nnc(NC(=O)CCSc2ccccc2)s1. The largest absolute Gasteiger partial charge is 0.300 e. The summed E-state index contributed by atoms with van der Waals surface area (Å²) in [4.78, 5) is 13.0. The number of carbonyl (C=O) groups is 1. The zero-order valence-electron chi connectivity index (χ0n) is 11.3. The van der Waals surface area contributed by atoms with Crippen LogP contribution in [0.3, 0.4) is 0 Å². The molecule has 0 unspecified atom stereocenters. The van der Waals surface area contributed by atoms with E-state index in [0.717, 1.165) is 15.8 Å². The summed E-state index contributed by atoms with van der Waals surface area (Å²) in [5.41, 5.74) is 0. The lowest BCUT2D eigenvalue weighted by Crippen LogP contribution is -2.11. The monoisotopic (exact) mass is 337 g/mol. The van der Waals surface area contributed by atoms with Gasteiger partial charge in [0.25, 0.3) is 0 Å². The van der Waals surface area contributed by atoms with Gasteiger partial charge in [-0.15, -0.1) is 28.5 Å². The zero-order valence-corrected chi connectivity index (χ0v) is 13.8. The summed E-state index contributed by atoms with van der Waals surface area (Å²) in [5, 5.41) is 11.3. The Labute approximate surface area is 136 Å². The van der Waals surface area contributed by atoms with Crippen LogP contribution in [0.5, 0.6) is 0 Å². The molecule has 0 atom stereocenters. The number of thioether (sulfide) groups is 2. The summed E-state index contributed by atoms with van der Waals surface area (Å²) in [6.45, 7) is 3.65. The molecule has 7 heteroatoms.